The summed E-state index contributed by atoms with van der Waals surface area (Å²) < 4.78 is 35.3. The molecular formula is C9H17F3N2OS. The molecule has 0 spiro atoms. The Kier molecular flexibility index (Phi) is 7.57. The van der Waals surface area contributed by atoms with Crippen molar-refractivity contribution in [2.24, 2.45) is 11.7 Å². The summed E-state index contributed by atoms with van der Waals surface area (Å²) in [4.78, 5) is 11.4. The fourth-order valence-electron chi connectivity index (χ4n) is 1.19. The first-order chi connectivity index (χ1) is 7.40. The molecule has 3 nitrogen and oxygen atoms in total. The minimum absolute atomic E-state index is 0.0171. The summed E-state index contributed by atoms with van der Waals surface area (Å²) in [7, 11) is 0. The molecule has 0 aromatic heterocycles. The third kappa shape index (κ3) is 7.81. The van der Waals surface area contributed by atoms with Crippen molar-refractivity contribution in [3.05, 3.63) is 0 Å². The molecular weight excluding hydrogens is 241 g/mol. The van der Waals surface area contributed by atoms with Crippen LogP contribution in [0.25, 0.3) is 0 Å². The van der Waals surface area contributed by atoms with Gasteiger partial charge >= 0.3 is 5.51 Å². The number of amides is 1. The molecule has 0 aliphatic heterocycles. The predicted molar refractivity (Wildman–Crippen MR) is 59.0 cm³/mol. The van der Waals surface area contributed by atoms with Crippen LogP contribution < -0.4 is 11.1 Å². The molecule has 0 aromatic carbocycles. The van der Waals surface area contributed by atoms with Crippen molar-refractivity contribution in [1.29, 1.82) is 0 Å². The molecule has 7 heteroatoms. The number of thioether (sulfide) groups is 1. The number of hydrogen-bond donors (Lipinski definition) is 2. The number of alkyl halides is 3. The summed E-state index contributed by atoms with van der Waals surface area (Å²) >= 11 is -0.138. The van der Waals surface area contributed by atoms with E-state index in [1.54, 1.807) is 0 Å². The molecule has 0 aromatic rings. The van der Waals surface area contributed by atoms with Gasteiger partial charge in [-0.25, -0.2) is 0 Å². The van der Waals surface area contributed by atoms with Crippen LogP contribution >= 0.6 is 11.8 Å². The first-order valence-corrected chi connectivity index (χ1v) is 6.07. The highest BCUT2D eigenvalue weighted by Crippen LogP contribution is 2.29. The second-order valence-corrected chi connectivity index (χ2v) is 4.47. The molecule has 0 aliphatic rings. The van der Waals surface area contributed by atoms with Crippen LogP contribution in [0.2, 0.25) is 0 Å². The first-order valence-electron chi connectivity index (χ1n) is 5.09. The number of nitrogens with two attached hydrogens (primary N) is 1. The van der Waals surface area contributed by atoms with Crippen molar-refractivity contribution in [2.75, 3.05) is 18.8 Å². The average molecular weight is 258 g/mol. The van der Waals surface area contributed by atoms with Gasteiger partial charge in [-0.05, 0) is 18.2 Å². The van der Waals surface area contributed by atoms with Gasteiger partial charge in [-0.2, -0.15) is 13.2 Å². The summed E-state index contributed by atoms with van der Waals surface area (Å²) in [5, 5.41) is 2.45. The van der Waals surface area contributed by atoms with Crippen LogP contribution in [0.3, 0.4) is 0 Å². The van der Waals surface area contributed by atoms with E-state index in [1.807, 2.05) is 6.92 Å². The maximum absolute atomic E-state index is 11.8. The fourth-order valence-corrected chi connectivity index (χ4v) is 1.63. The Morgan fingerprint density at radius 3 is 2.56 bits per heavy atom. The van der Waals surface area contributed by atoms with E-state index in [0.29, 0.717) is 6.42 Å². The lowest BCUT2D eigenvalue weighted by atomic mass is 10.0. The van der Waals surface area contributed by atoms with E-state index in [-0.39, 0.29) is 42.4 Å². The Morgan fingerprint density at radius 1 is 1.50 bits per heavy atom. The van der Waals surface area contributed by atoms with Crippen LogP contribution in [0.15, 0.2) is 0 Å². The van der Waals surface area contributed by atoms with Gasteiger partial charge in [-0.15, -0.1) is 0 Å². The van der Waals surface area contributed by atoms with Crippen molar-refractivity contribution < 1.29 is 18.0 Å². The van der Waals surface area contributed by atoms with Crippen LogP contribution in [0.5, 0.6) is 0 Å². The predicted octanol–water partition coefficient (Wildman–Crippen LogP) is 1.73. The van der Waals surface area contributed by atoms with Crippen LogP contribution in [-0.4, -0.2) is 30.3 Å². The summed E-state index contributed by atoms with van der Waals surface area (Å²) in [5.74, 6) is -0.716. The monoisotopic (exact) mass is 258 g/mol. The Hall–Kier alpha value is -0.430. The molecule has 1 atom stereocenters. The van der Waals surface area contributed by atoms with E-state index in [0.717, 1.165) is 6.42 Å². The van der Waals surface area contributed by atoms with Crippen LogP contribution in [0, 0.1) is 5.92 Å². The Morgan fingerprint density at radius 2 is 2.12 bits per heavy atom. The third-order valence-electron chi connectivity index (χ3n) is 1.96. The lowest BCUT2D eigenvalue weighted by Crippen LogP contribution is -2.36. The highest BCUT2D eigenvalue weighted by atomic mass is 32.2. The normalized spacial score (nSPS) is 13.6. The van der Waals surface area contributed by atoms with Gasteiger partial charge in [0.25, 0.3) is 0 Å². The Labute approximate surface area is 97.3 Å². The molecule has 0 rings (SSSR count). The maximum atomic E-state index is 11.8. The molecule has 0 fully saturated rings. The number of halogens is 3. The zero-order valence-corrected chi connectivity index (χ0v) is 9.96. The minimum atomic E-state index is -4.23. The van der Waals surface area contributed by atoms with Crippen molar-refractivity contribution >= 4 is 17.7 Å². The first kappa shape index (κ1) is 15.6. The quantitative estimate of drug-likeness (QED) is 0.684. The second kappa shape index (κ2) is 7.78. The van der Waals surface area contributed by atoms with E-state index in [2.05, 4.69) is 5.32 Å². The van der Waals surface area contributed by atoms with Gasteiger partial charge in [-0.3, -0.25) is 4.79 Å². The number of hydrogen-bond acceptors (Lipinski definition) is 3. The summed E-state index contributed by atoms with van der Waals surface area (Å²) in [6.07, 6.45) is 1.49. The molecule has 0 bridgehead atoms. The Balaban J connectivity index is 3.71. The Bertz CT molecular complexity index is 211. The van der Waals surface area contributed by atoms with Crippen LogP contribution in [0.1, 0.15) is 19.8 Å². The number of rotatable bonds is 7. The van der Waals surface area contributed by atoms with Crippen molar-refractivity contribution in [3.63, 3.8) is 0 Å². The van der Waals surface area contributed by atoms with Gasteiger partial charge in [0.1, 0.15) is 0 Å². The van der Waals surface area contributed by atoms with Gasteiger partial charge in [0.2, 0.25) is 5.91 Å². The molecule has 0 heterocycles. The van der Waals surface area contributed by atoms with Gasteiger partial charge < -0.3 is 11.1 Å². The standard InChI is InChI=1S/C9H17F3N2OS/c1-2-3-7(6-13)8(15)14-4-5-16-9(10,11)12/h7H,2-6,13H2,1H3,(H,14,15). The van der Waals surface area contributed by atoms with Crippen LogP contribution in [0.4, 0.5) is 13.2 Å². The van der Waals surface area contributed by atoms with E-state index >= 15 is 0 Å². The number of carbonyl (C=O) groups excluding carboxylic acids is 1. The number of carbonyl (C=O) groups is 1. The molecule has 0 radical (unpaired) electrons. The van der Waals surface area contributed by atoms with Gasteiger partial charge in [0.15, 0.2) is 0 Å². The highest BCUT2D eigenvalue weighted by Gasteiger charge is 2.27. The lowest BCUT2D eigenvalue weighted by Gasteiger charge is -2.13. The van der Waals surface area contributed by atoms with Crippen molar-refractivity contribution in [3.8, 4) is 0 Å². The molecule has 16 heavy (non-hydrogen) atoms. The van der Waals surface area contributed by atoms with E-state index in [9.17, 15) is 18.0 Å². The average Bonchev–Trinajstić information content (AvgIpc) is 2.19. The van der Waals surface area contributed by atoms with Crippen molar-refractivity contribution in [1.82, 2.24) is 5.32 Å². The SMILES string of the molecule is CCCC(CN)C(=O)NCCSC(F)(F)F. The molecule has 0 aliphatic carbocycles. The molecule has 1 unspecified atom stereocenters. The smallest absolute Gasteiger partial charge is 0.355 e. The zero-order chi connectivity index (χ0) is 12.6. The molecule has 0 saturated carbocycles. The molecule has 96 valence electrons. The third-order valence-corrected chi connectivity index (χ3v) is 2.70. The van der Waals surface area contributed by atoms with Gasteiger partial charge in [0.05, 0.1) is 5.92 Å². The molecule has 3 N–H and O–H groups in total. The van der Waals surface area contributed by atoms with E-state index in [4.69, 9.17) is 5.73 Å². The summed E-state index contributed by atoms with van der Waals surface area (Å²) in [6.45, 7) is 2.17. The van der Waals surface area contributed by atoms with Gasteiger partial charge in [-0.1, -0.05) is 13.3 Å². The summed E-state index contributed by atoms with van der Waals surface area (Å²) in [5.41, 5.74) is 1.15. The minimum Gasteiger partial charge on any atom is -0.355 e. The zero-order valence-electron chi connectivity index (χ0n) is 9.14. The van der Waals surface area contributed by atoms with Crippen molar-refractivity contribution in [2.45, 2.75) is 25.3 Å². The topological polar surface area (TPSA) is 55.1 Å². The van der Waals surface area contributed by atoms with Gasteiger partial charge in [0, 0.05) is 18.8 Å². The lowest BCUT2D eigenvalue weighted by molar-refractivity contribution is -0.124. The van der Waals surface area contributed by atoms with E-state index < -0.39 is 5.51 Å². The summed E-state index contributed by atoms with van der Waals surface area (Å²) in [6, 6.07) is 0. The molecule has 1 amide bonds. The van der Waals surface area contributed by atoms with Crippen LogP contribution in [-0.2, 0) is 4.79 Å². The highest BCUT2D eigenvalue weighted by molar-refractivity contribution is 8.00. The second-order valence-electron chi connectivity index (χ2n) is 3.31. The number of nitrogens with one attached hydrogen (secondary N) is 1. The van der Waals surface area contributed by atoms with E-state index in [1.165, 1.54) is 0 Å². The molecule has 0 saturated heterocycles. The maximum Gasteiger partial charge on any atom is 0.441 e. The fraction of sp³-hybridized carbons (Fsp3) is 0.889. The largest absolute Gasteiger partial charge is 0.441 e.